The van der Waals surface area contributed by atoms with Gasteiger partial charge >= 0.3 is 5.97 Å². The van der Waals surface area contributed by atoms with E-state index in [-0.39, 0.29) is 6.42 Å². The summed E-state index contributed by atoms with van der Waals surface area (Å²) in [6.45, 7) is 0.604. The lowest BCUT2D eigenvalue weighted by Crippen LogP contribution is -2.57. The number of nitrogens with two attached hydrogens (primary N) is 2. The summed E-state index contributed by atoms with van der Waals surface area (Å²) in [5.41, 5.74) is 10.9. The lowest BCUT2D eigenvalue weighted by molar-refractivity contribution is -0.141. The number of carbonyl (C=O) groups excluding carboxylic acids is 4. The van der Waals surface area contributed by atoms with Gasteiger partial charge in [0.1, 0.15) is 12.1 Å². The molecule has 1 aromatic rings. The fourth-order valence-corrected chi connectivity index (χ4v) is 2.31. The van der Waals surface area contributed by atoms with Crippen LogP contribution in [0.3, 0.4) is 0 Å². The molecule has 0 aliphatic rings. The Bertz CT molecular complexity index is 766. The number of H-pyrrole nitrogens is 1. The predicted octanol–water partition coefficient (Wildman–Crippen LogP) is -4.29. The molecule has 0 aliphatic heterocycles. The first-order chi connectivity index (χ1) is 14.0. The van der Waals surface area contributed by atoms with Crippen molar-refractivity contribution in [3.8, 4) is 0 Å². The normalized spacial score (nSPS) is 14.6. The van der Waals surface area contributed by atoms with E-state index in [0.717, 1.165) is 0 Å². The Morgan fingerprint density at radius 1 is 1.20 bits per heavy atom. The van der Waals surface area contributed by atoms with E-state index in [4.69, 9.17) is 11.5 Å². The monoisotopic (exact) mass is 427 g/mol. The number of carboxylic acids is 1. The maximum atomic E-state index is 12.2. The number of nitrogens with one attached hydrogen (secondary N) is 4. The van der Waals surface area contributed by atoms with Crippen molar-refractivity contribution in [1.82, 2.24) is 25.9 Å². The van der Waals surface area contributed by atoms with Crippen LogP contribution in [-0.2, 0) is 30.4 Å². The standard InChI is InChI=1S/C16H25N7O7/c1-7(24)13(23-14(27)9(17)3-11(18)25)15(28)20-5-12(26)22-10(16(29)30)2-8-4-19-6-21-8/h4,6-7,9-10,13,24H,2-3,5,17H2,1H3,(H2,18,25)(H,19,21)(H,20,28)(H,22,26)(H,23,27)(H,29,30). The SMILES string of the molecule is CC(O)C(NC(=O)C(N)CC(N)=O)C(=O)NCC(=O)NC(Cc1cnc[nH]1)C(=O)O. The van der Waals surface area contributed by atoms with Crippen molar-refractivity contribution in [2.24, 2.45) is 11.5 Å². The first-order valence-electron chi connectivity index (χ1n) is 8.80. The van der Waals surface area contributed by atoms with Crippen LogP contribution in [0.2, 0.25) is 0 Å². The lowest BCUT2D eigenvalue weighted by atomic mass is 10.1. The fourth-order valence-electron chi connectivity index (χ4n) is 2.31. The van der Waals surface area contributed by atoms with Crippen molar-refractivity contribution in [2.75, 3.05) is 6.54 Å². The van der Waals surface area contributed by atoms with E-state index < -0.39 is 66.8 Å². The molecule has 0 bridgehead atoms. The summed E-state index contributed by atoms with van der Waals surface area (Å²) in [5.74, 6) is -4.74. The molecule has 4 atom stereocenters. The van der Waals surface area contributed by atoms with Crippen molar-refractivity contribution in [3.05, 3.63) is 18.2 Å². The molecule has 0 aliphatic carbocycles. The number of imidazole rings is 1. The van der Waals surface area contributed by atoms with Gasteiger partial charge in [0.2, 0.25) is 23.6 Å². The second-order valence-corrected chi connectivity index (χ2v) is 6.46. The fraction of sp³-hybridized carbons (Fsp3) is 0.500. The largest absolute Gasteiger partial charge is 0.480 e. The molecule has 0 saturated heterocycles. The number of carbonyl (C=O) groups is 5. The highest BCUT2D eigenvalue weighted by Crippen LogP contribution is 1.99. The number of rotatable bonds is 12. The molecule has 0 radical (unpaired) electrons. The first kappa shape index (κ1) is 24.5. The number of primary amides is 1. The summed E-state index contributed by atoms with van der Waals surface area (Å²) < 4.78 is 0. The number of aromatic nitrogens is 2. The molecule has 14 nitrogen and oxygen atoms in total. The number of aliphatic hydroxyl groups is 1. The maximum Gasteiger partial charge on any atom is 0.326 e. The van der Waals surface area contributed by atoms with Gasteiger partial charge in [0, 0.05) is 18.3 Å². The van der Waals surface area contributed by atoms with Crippen LogP contribution in [0.15, 0.2) is 12.5 Å². The van der Waals surface area contributed by atoms with E-state index in [0.29, 0.717) is 5.69 Å². The number of amides is 4. The molecule has 30 heavy (non-hydrogen) atoms. The van der Waals surface area contributed by atoms with Crippen molar-refractivity contribution in [2.45, 2.75) is 44.0 Å². The summed E-state index contributed by atoms with van der Waals surface area (Å²) in [5, 5.41) is 25.5. The zero-order valence-corrected chi connectivity index (χ0v) is 16.1. The van der Waals surface area contributed by atoms with Crippen molar-refractivity contribution >= 4 is 29.6 Å². The van der Waals surface area contributed by atoms with Crippen molar-refractivity contribution < 1.29 is 34.2 Å². The quantitative estimate of drug-likeness (QED) is 0.161. The summed E-state index contributed by atoms with van der Waals surface area (Å²) in [6, 6.07) is -4.06. The predicted molar refractivity (Wildman–Crippen MR) is 100 cm³/mol. The van der Waals surface area contributed by atoms with Crippen LogP contribution in [-0.4, -0.2) is 80.6 Å². The topological polar surface area (TPSA) is 243 Å². The van der Waals surface area contributed by atoms with Gasteiger partial charge < -0.3 is 42.6 Å². The molecule has 4 amide bonds. The van der Waals surface area contributed by atoms with Crippen LogP contribution in [0.25, 0.3) is 0 Å². The van der Waals surface area contributed by atoms with Crippen LogP contribution in [0.1, 0.15) is 19.0 Å². The maximum absolute atomic E-state index is 12.2. The van der Waals surface area contributed by atoms with Crippen LogP contribution in [0, 0.1) is 0 Å². The highest BCUT2D eigenvalue weighted by molar-refractivity contribution is 5.94. The smallest absolute Gasteiger partial charge is 0.326 e. The number of hydrogen-bond donors (Lipinski definition) is 8. The van der Waals surface area contributed by atoms with E-state index in [9.17, 15) is 34.2 Å². The average Bonchev–Trinajstić information content (AvgIpc) is 3.15. The summed E-state index contributed by atoms with van der Waals surface area (Å²) >= 11 is 0. The molecule has 0 saturated carbocycles. The third kappa shape index (κ3) is 8.24. The Morgan fingerprint density at radius 3 is 2.37 bits per heavy atom. The molecular weight excluding hydrogens is 402 g/mol. The van der Waals surface area contributed by atoms with Gasteiger partial charge in [0.05, 0.1) is 31.4 Å². The van der Waals surface area contributed by atoms with Gasteiger partial charge in [-0.3, -0.25) is 19.2 Å². The van der Waals surface area contributed by atoms with Gasteiger partial charge in [-0.1, -0.05) is 0 Å². The number of aliphatic carboxylic acids is 1. The number of aliphatic hydroxyl groups excluding tert-OH is 1. The Balaban J connectivity index is 2.60. The first-order valence-corrected chi connectivity index (χ1v) is 8.80. The molecule has 0 spiro atoms. The molecule has 14 heteroatoms. The lowest BCUT2D eigenvalue weighted by Gasteiger charge is -2.22. The third-order valence-corrected chi connectivity index (χ3v) is 3.86. The zero-order valence-electron chi connectivity index (χ0n) is 16.1. The molecule has 166 valence electrons. The molecule has 4 unspecified atom stereocenters. The van der Waals surface area contributed by atoms with E-state index in [1.54, 1.807) is 0 Å². The van der Waals surface area contributed by atoms with Gasteiger partial charge in [0.15, 0.2) is 0 Å². The molecule has 10 N–H and O–H groups in total. The van der Waals surface area contributed by atoms with Gasteiger partial charge in [0.25, 0.3) is 0 Å². The minimum absolute atomic E-state index is 0.0564. The van der Waals surface area contributed by atoms with Gasteiger partial charge in [-0.25, -0.2) is 9.78 Å². The van der Waals surface area contributed by atoms with Crippen LogP contribution in [0.5, 0.6) is 0 Å². The van der Waals surface area contributed by atoms with E-state index >= 15 is 0 Å². The molecule has 1 heterocycles. The van der Waals surface area contributed by atoms with E-state index in [2.05, 4.69) is 25.9 Å². The number of aromatic amines is 1. The van der Waals surface area contributed by atoms with Crippen LogP contribution >= 0.6 is 0 Å². The highest BCUT2D eigenvalue weighted by atomic mass is 16.4. The minimum Gasteiger partial charge on any atom is -0.480 e. The third-order valence-electron chi connectivity index (χ3n) is 3.86. The molecule has 1 aromatic heterocycles. The Kier molecular flexibility index (Phi) is 9.38. The van der Waals surface area contributed by atoms with Crippen LogP contribution in [0.4, 0.5) is 0 Å². The summed E-state index contributed by atoms with van der Waals surface area (Å²) in [6.07, 6.45) is 0.887. The van der Waals surface area contributed by atoms with Gasteiger partial charge in [-0.2, -0.15) is 0 Å². The Labute approximate surface area is 170 Å². The second-order valence-electron chi connectivity index (χ2n) is 6.46. The van der Waals surface area contributed by atoms with E-state index in [1.165, 1.54) is 19.4 Å². The number of carboxylic acid groups (broad SMARTS) is 1. The average molecular weight is 427 g/mol. The number of nitrogens with zero attached hydrogens (tertiary/aromatic N) is 1. The zero-order chi connectivity index (χ0) is 22.8. The Hall–Kier alpha value is -3.52. The minimum atomic E-state index is -1.47. The van der Waals surface area contributed by atoms with Crippen molar-refractivity contribution in [1.29, 1.82) is 0 Å². The molecular formula is C16H25N7O7. The van der Waals surface area contributed by atoms with Gasteiger partial charge in [-0.15, -0.1) is 0 Å². The van der Waals surface area contributed by atoms with Crippen molar-refractivity contribution in [3.63, 3.8) is 0 Å². The molecule has 0 fully saturated rings. The molecule has 1 rings (SSSR count). The van der Waals surface area contributed by atoms with Crippen LogP contribution < -0.4 is 27.4 Å². The second kappa shape index (κ2) is 11.5. The van der Waals surface area contributed by atoms with E-state index in [1.807, 2.05) is 0 Å². The summed E-state index contributed by atoms with van der Waals surface area (Å²) in [7, 11) is 0. The molecule has 0 aromatic carbocycles. The number of hydrogen-bond acceptors (Lipinski definition) is 8. The summed E-state index contributed by atoms with van der Waals surface area (Å²) in [4.78, 5) is 64.7. The highest BCUT2D eigenvalue weighted by Gasteiger charge is 2.29. The Morgan fingerprint density at radius 2 is 1.87 bits per heavy atom. The van der Waals surface area contributed by atoms with Gasteiger partial charge in [-0.05, 0) is 6.92 Å².